The molecular formula is C21H19ClN4O2. The highest BCUT2D eigenvalue weighted by Crippen LogP contribution is 2.29. The summed E-state index contributed by atoms with van der Waals surface area (Å²) in [7, 11) is 0. The number of anilines is 2. The van der Waals surface area contributed by atoms with Gasteiger partial charge >= 0.3 is 0 Å². The van der Waals surface area contributed by atoms with Crippen LogP contribution in [0.5, 0.6) is 0 Å². The molecule has 0 unspecified atom stereocenters. The summed E-state index contributed by atoms with van der Waals surface area (Å²) in [6.07, 6.45) is 3.30. The van der Waals surface area contributed by atoms with Gasteiger partial charge in [-0.15, -0.1) is 0 Å². The van der Waals surface area contributed by atoms with Crippen LogP contribution in [-0.2, 0) is 4.74 Å². The lowest BCUT2D eigenvalue weighted by Crippen LogP contribution is -2.36. The summed E-state index contributed by atoms with van der Waals surface area (Å²) in [5, 5.41) is 3.47. The predicted octanol–water partition coefficient (Wildman–Crippen LogP) is 3.89. The molecule has 0 saturated carbocycles. The number of ether oxygens (including phenoxy) is 1. The first kappa shape index (κ1) is 18.4. The predicted molar refractivity (Wildman–Crippen MR) is 110 cm³/mol. The van der Waals surface area contributed by atoms with Crippen molar-refractivity contribution in [1.29, 1.82) is 0 Å². The molecule has 1 amide bonds. The molecule has 1 saturated heterocycles. The van der Waals surface area contributed by atoms with Crippen LogP contribution >= 0.6 is 11.6 Å². The van der Waals surface area contributed by atoms with Gasteiger partial charge in [0.05, 0.1) is 29.5 Å². The Balaban J connectivity index is 1.49. The number of pyridine rings is 2. The molecular weight excluding hydrogens is 376 g/mol. The van der Waals surface area contributed by atoms with E-state index in [1.807, 2.05) is 30.3 Å². The van der Waals surface area contributed by atoms with Crippen molar-refractivity contribution in [2.24, 2.45) is 0 Å². The summed E-state index contributed by atoms with van der Waals surface area (Å²) < 4.78 is 5.35. The lowest BCUT2D eigenvalue weighted by atomic mass is 10.1. The van der Waals surface area contributed by atoms with E-state index in [0.717, 1.165) is 30.2 Å². The third-order valence-corrected chi connectivity index (χ3v) is 4.84. The first-order valence-corrected chi connectivity index (χ1v) is 9.39. The maximum Gasteiger partial charge on any atom is 0.257 e. The van der Waals surface area contributed by atoms with Crippen molar-refractivity contribution in [2.45, 2.75) is 0 Å². The third kappa shape index (κ3) is 4.13. The maximum atomic E-state index is 12.6. The second kappa shape index (κ2) is 8.37. The van der Waals surface area contributed by atoms with Crippen molar-refractivity contribution < 1.29 is 9.53 Å². The van der Waals surface area contributed by atoms with Gasteiger partial charge in [0.2, 0.25) is 0 Å². The van der Waals surface area contributed by atoms with Crippen LogP contribution < -0.4 is 10.2 Å². The second-order valence-electron chi connectivity index (χ2n) is 6.37. The van der Waals surface area contributed by atoms with E-state index in [1.54, 1.807) is 30.6 Å². The van der Waals surface area contributed by atoms with Crippen LogP contribution in [-0.4, -0.2) is 42.2 Å². The number of nitrogens with zero attached hydrogens (tertiary/aromatic N) is 3. The molecule has 2 aromatic heterocycles. The van der Waals surface area contributed by atoms with Gasteiger partial charge in [-0.1, -0.05) is 17.7 Å². The fraction of sp³-hybridized carbons (Fsp3) is 0.190. The molecule has 142 valence electrons. The number of carbonyl (C=O) groups excluding carboxylic acids is 1. The molecule has 1 aliphatic rings. The van der Waals surface area contributed by atoms with Gasteiger partial charge in [0, 0.05) is 36.7 Å². The molecule has 1 aromatic carbocycles. The number of nitrogens with one attached hydrogen (secondary N) is 1. The molecule has 6 nitrogen and oxygen atoms in total. The Morgan fingerprint density at radius 2 is 1.93 bits per heavy atom. The van der Waals surface area contributed by atoms with Gasteiger partial charge in [-0.2, -0.15) is 0 Å². The number of benzene rings is 1. The van der Waals surface area contributed by atoms with E-state index in [1.165, 1.54) is 0 Å². The summed E-state index contributed by atoms with van der Waals surface area (Å²) in [6, 6.07) is 14.6. The number of hydrogen-bond donors (Lipinski definition) is 1. The van der Waals surface area contributed by atoms with Crippen molar-refractivity contribution in [3.8, 4) is 11.3 Å². The van der Waals surface area contributed by atoms with Crippen LogP contribution in [0.4, 0.5) is 11.5 Å². The zero-order valence-corrected chi connectivity index (χ0v) is 15.9. The molecule has 0 radical (unpaired) electrons. The van der Waals surface area contributed by atoms with Gasteiger partial charge in [-0.05, 0) is 42.5 Å². The Hall–Kier alpha value is -2.96. The fourth-order valence-electron chi connectivity index (χ4n) is 3.02. The summed E-state index contributed by atoms with van der Waals surface area (Å²) in [5.74, 6) is 0.624. The van der Waals surface area contributed by atoms with Gasteiger partial charge in [0.25, 0.3) is 5.91 Å². The molecule has 7 heteroatoms. The van der Waals surface area contributed by atoms with Crippen LogP contribution in [0.1, 0.15) is 10.4 Å². The van der Waals surface area contributed by atoms with E-state index >= 15 is 0 Å². The number of aromatic nitrogens is 2. The van der Waals surface area contributed by atoms with Crippen molar-refractivity contribution in [1.82, 2.24) is 9.97 Å². The standard InChI is InChI=1S/C21H19ClN4O2/c22-18-6-5-16(13-17(18)19-3-1-2-8-23-19)25-21(27)15-4-7-20(24-14-15)26-9-11-28-12-10-26/h1-8,13-14H,9-12H2,(H,25,27). The van der Waals surface area contributed by atoms with Gasteiger partial charge in [-0.25, -0.2) is 4.98 Å². The Morgan fingerprint density at radius 3 is 2.64 bits per heavy atom. The van der Waals surface area contributed by atoms with E-state index in [-0.39, 0.29) is 5.91 Å². The summed E-state index contributed by atoms with van der Waals surface area (Å²) in [4.78, 5) is 23.5. The first-order valence-electron chi connectivity index (χ1n) is 9.02. The van der Waals surface area contributed by atoms with Crippen LogP contribution in [0.15, 0.2) is 60.9 Å². The Morgan fingerprint density at radius 1 is 1.07 bits per heavy atom. The minimum absolute atomic E-state index is 0.227. The van der Waals surface area contributed by atoms with Crippen LogP contribution in [0.3, 0.4) is 0 Å². The number of halogens is 1. The van der Waals surface area contributed by atoms with Gasteiger partial charge in [0.1, 0.15) is 5.82 Å². The SMILES string of the molecule is O=C(Nc1ccc(Cl)c(-c2ccccn2)c1)c1ccc(N2CCOCC2)nc1. The van der Waals surface area contributed by atoms with Crippen molar-refractivity contribution in [3.05, 3.63) is 71.5 Å². The molecule has 0 spiro atoms. The highest BCUT2D eigenvalue weighted by atomic mass is 35.5. The zero-order valence-electron chi connectivity index (χ0n) is 15.1. The molecule has 0 atom stereocenters. The molecule has 0 bridgehead atoms. The molecule has 1 aliphatic heterocycles. The fourth-order valence-corrected chi connectivity index (χ4v) is 3.24. The average Bonchev–Trinajstić information content (AvgIpc) is 2.76. The normalized spacial score (nSPS) is 14.0. The van der Waals surface area contributed by atoms with Gasteiger partial charge in [0.15, 0.2) is 0 Å². The molecule has 3 heterocycles. The molecule has 1 fully saturated rings. The lowest BCUT2D eigenvalue weighted by Gasteiger charge is -2.27. The Labute approximate surface area is 168 Å². The van der Waals surface area contributed by atoms with Crippen molar-refractivity contribution in [2.75, 3.05) is 36.5 Å². The van der Waals surface area contributed by atoms with Gasteiger partial charge < -0.3 is 15.0 Å². The summed E-state index contributed by atoms with van der Waals surface area (Å²) in [6.45, 7) is 3.00. The Kier molecular flexibility index (Phi) is 5.50. The number of amides is 1. The topological polar surface area (TPSA) is 67.4 Å². The molecule has 28 heavy (non-hydrogen) atoms. The van der Waals surface area contributed by atoms with Crippen molar-refractivity contribution in [3.63, 3.8) is 0 Å². The average molecular weight is 395 g/mol. The summed E-state index contributed by atoms with van der Waals surface area (Å²) in [5.41, 5.74) is 2.65. The molecule has 3 aromatic rings. The zero-order chi connectivity index (χ0) is 19.3. The molecule has 1 N–H and O–H groups in total. The van der Waals surface area contributed by atoms with E-state index in [2.05, 4.69) is 20.2 Å². The number of carbonyl (C=O) groups is 1. The third-order valence-electron chi connectivity index (χ3n) is 4.51. The summed E-state index contributed by atoms with van der Waals surface area (Å²) >= 11 is 6.30. The van der Waals surface area contributed by atoms with Crippen LogP contribution in [0, 0.1) is 0 Å². The van der Waals surface area contributed by atoms with E-state index < -0.39 is 0 Å². The second-order valence-corrected chi connectivity index (χ2v) is 6.78. The maximum absolute atomic E-state index is 12.6. The minimum Gasteiger partial charge on any atom is -0.378 e. The first-order chi connectivity index (χ1) is 13.7. The highest BCUT2D eigenvalue weighted by molar-refractivity contribution is 6.33. The van der Waals surface area contributed by atoms with Crippen molar-refractivity contribution >= 4 is 29.0 Å². The lowest BCUT2D eigenvalue weighted by molar-refractivity contribution is 0.102. The van der Waals surface area contributed by atoms with E-state index in [0.29, 0.717) is 29.5 Å². The van der Waals surface area contributed by atoms with Crippen LogP contribution in [0.25, 0.3) is 11.3 Å². The van der Waals surface area contributed by atoms with E-state index in [4.69, 9.17) is 16.3 Å². The van der Waals surface area contributed by atoms with Gasteiger partial charge in [-0.3, -0.25) is 9.78 Å². The quantitative estimate of drug-likeness (QED) is 0.727. The minimum atomic E-state index is -0.227. The number of hydrogen-bond acceptors (Lipinski definition) is 5. The number of rotatable bonds is 4. The highest BCUT2D eigenvalue weighted by Gasteiger charge is 2.14. The number of morpholine rings is 1. The molecule has 4 rings (SSSR count). The molecule has 0 aliphatic carbocycles. The Bertz CT molecular complexity index is 958. The monoisotopic (exact) mass is 394 g/mol. The van der Waals surface area contributed by atoms with Crippen LogP contribution in [0.2, 0.25) is 5.02 Å². The van der Waals surface area contributed by atoms with E-state index in [9.17, 15) is 4.79 Å². The largest absolute Gasteiger partial charge is 0.378 e. The smallest absolute Gasteiger partial charge is 0.257 e.